The average Bonchev–Trinajstić information content (AvgIpc) is 2.82. The standard InChI is InChI=1S/C19H16O/c1-19(17-9-3-2-4-10-17)13-16-11-14-7-5-6-8-15(14)12-18(16)20-19/h2-12H,13H2,1H3. The van der Waals surface area contributed by atoms with Gasteiger partial charge in [0.15, 0.2) is 0 Å². The average molecular weight is 260 g/mol. The summed E-state index contributed by atoms with van der Waals surface area (Å²) in [4.78, 5) is 0. The molecule has 1 unspecified atom stereocenters. The number of fused-ring (bicyclic) bond motifs is 2. The SMILES string of the molecule is CC1(c2ccccc2)Cc2cc3ccccc3cc2O1. The summed E-state index contributed by atoms with van der Waals surface area (Å²) in [7, 11) is 0. The highest BCUT2D eigenvalue weighted by Crippen LogP contribution is 2.42. The molecule has 4 rings (SSSR count). The lowest BCUT2D eigenvalue weighted by molar-refractivity contribution is 0.116. The molecule has 0 saturated carbocycles. The van der Waals surface area contributed by atoms with E-state index in [0.29, 0.717) is 0 Å². The van der Waals surface area contributed by atoms with Crippen LogP contribution in [0, 0.1) is 0 Å². The fourth-order valence-electron chi connectivity index (χ4n) is 3.09. The smallest absolute Gasteiger partial charge is 0.135 e. The Balaban J connectivity index is 1.82. The third-order valence-corrected chi connectivity index (χ3v) is 4.18. The van der Waals surface area contributed by atoms with Gasteiger partial charge in [-0.1, -0.05) is 54.6 Å². The number of ether oxygens (including phenoxy) is 1. The predicted molar refractivity (Wildman–Crippen MR) is 82.1 cm³/mol. The van der Waals surface area contributed by atoms with Gasteiger partial charge >= 0.3 is 0 Å². The second-order valence-corrected chi connectivity index (χ2v) is 5.68. The van der Waals surface area contributed by atoms with Crippen molar-refractivity contribution in [1.29, 1.82) is 0 Å². The normalized spacial score (nSPS) is 20.6. The fraction of sp³-hybridized carbons (Fsp3) is 0.158. The first kappa shape index (κ1) is 11.5. The van der Waals surface area contributed by atoms with Crippen LogP contribution in [0.25, 0.3) is 10.8 Å². The Morgan fingerprint density at radius 2 is 1.50 bits per heavy atom. The monoisotopic (exact) mass is 260 g/mol. The minimum Gasteiger partial charge on any atom is -0.482 e. The van der Waals surface area contributed by atoms with Gasteiger partial charge in [0.2, 0.25) is 0 Å². The molecule has 0 amide bonds. The Labute approximate surface area is 118 Å². The first-order chi connectivity index (χ1) is 9.74. The van der Waals surface area contributed by atoms with Crippen LogP contribution >= 0.6 is 0 Å². The molecule has 0 radical (unpaired) electrons. The Hall–Kier alpha value is -2.28. The predicted octanol–water partition coefficient (Wildman–Crippen LogP) is 4.69. The molecule has 98 valence electrons. The van der Waals surface area contributed by atoms with E-state index in [9.17, 15) is 0 Å². The van der Waals surface area contributed by atoms with E-state index in [1.165, 1.54) is 21.9 Å². The molecule has 20 heavy (non-hydrogen) atoms. The van der Waals surface area contributed by atoms with Gasteiger partial charge in [0, 0.05) is 6.42 Å². The molecule has 3 aromatic carbocycles. The Morgan fingerprint density at radius 3 is 2.25 bits per heavy atom. The van der Waals surface area contributed by atoms with Gasteiger partial charge in [-0.2, -0.15) is 0 Å². The molecule has 1 nitrogen and oxygen atoms in total. The zero-order valence-corrected chi connectivity index (χ0v) is 11.5. The van der Waals surface area contributed by atoms with E-state index in [2.05, 4.69) is 67.6 Å². The van der Waals surface area contributed by atoms with Crippen molar-refractivity contribution in [2.45, 2.75) is 18.9 Å². The van der Waals surface area contributed by atoms with Crippen molar-refractivity contribution in [2.24, 2.45) is 0 Å². The van der Waals surface area contributed by atoms with Crippen molar-refractivity contribution in [3.63, 3.8) is 0 Å². The van der Waals surface area contributed by atoms with Crippen LogP contribution < -0.4 is 4.74 Å². The molecule has 0 aliphatic carbocycles. The minimum absolute atomic E-state index is 0.249. The molecule has 0 saturated heterocycles. The molecular weight excluding hydrogens is 244 g/mol. The van der Waals surface area contributed by atoms with Gasteiger partial charge in [-0.15, -0.1) is 0 Å². The largest absolute Gasteiger partial charge is 0.482 e. The van der Waals surface area contributed by atoms with Crippen LogP contribution in [0.3, 0.4) is 0 Å². The zero-order valence-electron chi connectivity index (χ0n) is 11.5. The Morgan fingerprint density at radius 1 is 0.850 bits per heavy atom. The molecule has 0 spiro atoms. The van der Waals surface area contributed by atoms with Gasteiger partial charge in [-0.05, 0) is 41.0 Å². The first-order valence-corrected chi connectivity index (χ1v) is 7.01. The summed E-state index contributed by atoms with van der Waals surface area (Å²) in [6.07, 6.45) is 0.928. The van der Waals surface area contributed by atoms with Crippen LogP contribution in [0.4, 0.5) is 0 Å². The molecular formula is C19H16O. The van der Waals surface area contributed by atoms with E-state index in [0.717, 1.165) is 12.2 Å². The maximum atomic E-state index is 6.29. The molecule has 3 aromatic rings. The summed E-state index contributed by atoms with van der Waals surface area (Å²) in [5.41, 5.74) is 2.29. The highest BCUT2D eigenvalue weighted by Gasteiger charge is 2.36. The summed E-state index contributed by atoms with van der Waals surface area (Å²) >= 11 is 0. The van der Waals surface area contributed by atoms with Crippen molar-refractivity contribution in [3.05, 3.63) is 77.9 Å². The van der Waals surface area contributed by atoms with Gasteiger partial charge < -0.3 is 4.74 Å². The van der Waals surface area contributed by atoms with Gasteiger partial charge in [-0.25, -0.2) is 0 Å². The van der Waals surface area contributed by atoms with Crippen LogP contribution in [0.15, 0.2) is 66.7 Å². The summed E-state index contributed by atoms with van der Waals surface area (Å²) < 4.78 is 6.29. The molecule has 0 bridgehead atoms. The lowest BCUT2D eigenvalue weighted by atomic mass is 9.90. The van der Waals surface area contributed by atoms with E-state index in [-0.39, 0.29) is 5.60 Å². The van der Waals surface area contributed by atoms with Gasteiger partial charge in [0.1, 0.15) is 11.4 Å². The maximum absolute atomic E-state index is 6.29. The Bertz CT molecular complexity index is 730. The van der Waals surface area contributed by atoms with Crippen LogP contribution in [0.2, 0.25) is 0 Å². The van der Waals surface area contributed by atoms with Crippen molar-refractivity contribution < 1.29 is 4.74 Å². The second-order valence-electron chi connectivity index (χ2n) is 5.68. The topological polar surface area (TPSA) is 9.23 Å². The van der Waals surface area contributed by atoms with E-state index >= 15 is 0 Å². The van der Waals surface area contributed by atoms with Crippen molar-refractivity contribution >= 4 is 10.8 Å². The Kier molecular flexibility index (Phi) is 2.37. The van der Waals surface area contributed by atoms with Crippen LogP contribution in [-0.2, 0) is 12.0 Å². The van der Waals surface area contributed by atoms with Gasteiger partial charge in [-0.3, -0.25) is 0 Å². The quantitative estimate of drug-likeness (QED) is 0.616. The zero-order chi connectivity index (χ0) is 13.6. The molecule has 0 fully saturated rings. The minimum atomic E-state index is -0.249. The van der Waals surface area contributed by atoms with Crippen LogP contribution in [-0.4, -0.2) is 0 Å². The fourth-order valence-corrected chi connectivity index (χ4v) is 3.09. The molecule has 1 heteroatoms. The van der Waals surface area contributed by atoms with E-state index < -0.39 is 0 Å². The molecule has 0 aromatic heterocycles. The summed E-state index contributed by atoms with van der Waals surface area (Å²) in [5, 5.41) is 2.52. The highest BCUT2D eigenvalue weighted by molar-refractivity contribution is 5.85. The summed E-state index contributed by atoms with van der Waals surface area (Å²) in [5.74, 6) is 1.02. The van der Waals surface area contributed by atoms with Crippen LogP contribution in [0.1, 0.15) is 18.1 Å². The second kappa shape index (κ2) is 4.11. The lowest BCUT2D eigenvalue weighted by Crippen LogP contribution is -2.26. The number of rotatable bonds is 1. The number of benzene rings is 3. The molecule has 0 N–H and O–H groups in total. The van der Waals surface area contributed by atoms with Gasteiger partial charge in [0.05, 0.1) is 0 Å². The first-order valence-electron chi connectivity index (χ1n) is 7.01. The van der Waals surface area contributed by atoms with Gasteiger partial charge in [0.25, 0.3) is 0 Å². The molecule has 1 aliphatic rings. The summed E-state index contributed by atoms with van der Waals surface area (Å²) in [6, 6.07) is 23.4. The summed E-state index contributed by atoms with van der Waals surface area (Å²) in [6.45, 7) is 2.17. The van der Waals surface area contributed by atoms with Crippen molar-refractivity contribution in [2.75, 3.05) is 0 Å². The van der Waals surface area contributed by atoms with E-state index in [1.54, 1.807) is 0 Å². The third-order valence-electron chi connectivity index (χ3n) is 4.18. The maximum Gasteiger partial charge on any atom is 0.135 e. The highest BCUT2D eigenvalue weighted by atomic mass is 16.5. The number of hydrogen-bond donors (Lipinski definition) is 0. The molecule has 1 heterocycles. The van der Waals surface area contributed by atoms with Crippen molar-refractivity contribution in [1.82, 2.24) is 0 Å². The lowest BCUT2D eigenvalue weighted by Gasteiger charge is -2.24. The molecule has 1 atom stereocenters. The number of hydrogen-bond acceptors (Lipinski definition) is 1. The van der Waals surface area contributed by atoms with Crippen molar-refractivity contribution in [3.8, 4) is 5.75 Å². The van der Waals surface area contributed by atoms with E-state index in [1.807, 2.05) is 6.07 Å². The third kappa shape index (κ3) is 1.70. The van der Waals surface area contributed by atoms with E-state index in [4.69, 9.17) is 4.74 Å². The van der Waals surface area contributed by atoms with Crippen LogP contribution in [0.5, 0.6) is 5.75 Å². The molecule has 1 aliphatic heterocycles.